The molecule has 3 atom stereocenters. The lowest BCUT2D eigenvalue weighted by molar-refractivity contribution is -0.153. The normalized spacial score (nSPS) is 25.4. The monoisotopic (exact) mass is 433 g/mol. The van der Waals surface area contributed by atoms with Gasteiger partial charge in [-0.2, -0.15) is 0 Å². The zero-order valence-corrected chi connectivity index (χ0v) is 19.1. The van der Waals surface area contributed by atoms with Crippen molar-refractivity contribution >= 4 is 11.8 Å². The van der Waals surface area contributed by atoms with Crippen molar-refractivity contribution in [2.24, 2.45) is 5.41 Å². The number of carbonyl (C=O) groups excluding carboxylic acids is 2. The van der Waals surface area contributed by atoms with Crippen molar-refractivity contribution in [2.45, 2.75) is 64.6 Å². The first-order valence-electron chi connectivity index (χ1n) is 11.2. The van der Waals surface area contributed by atoms with Crippen LogP contribution in [0.1, 0.15) is 57.9 Å². The minimum Gasteiger partial charge on any atom is -0.493 e. The van der Waals surface area contributed by atoms with Crippen LogP contribution in [0.2, 0.25) is 0 Å². The summed E-state index contributed by atoms with van der Waals surface area (Å²) in [6.45, 7) is 6.71. The van der Waals surface area contributed by atoms with Gasteiger partial charge in [0.15, 0.2) is 11.5 Å². The number of Topliss-reactive ketones (excluding diaryl/α,β-unsaturated/α-hetero) is 1. The van der Waals surface area contributed by atoms with Crippen molar-refractivity contribution in [3.05, 3.63) is 23.8 Å². The highest BCUT2D eigenvalue weighted by Crippen LogP contribution is 2.47. The average molecular weight is 434 g/mol. The molecule has 172 valence electrons. The van der Waals surface area contributed by atoms with Gasteiger partial charge < -0.3 is 19.3 Å². The summed E-state index contributed by atoms with van der Waals surface area (Å²) < 4.78 is 16.6. The summed E-state index contributed by atoms with van der Waals surface area (Å²) >= 11 is 0. The van der Waals surface area contributed by atoms with Crippen LogP contribution < -0.4 is 9.47 Å². The molecule has 1 aromatic carbocycles. The molecule has 0 bridgehead atoms. The molecule has 0 amide bonds. The Hall–Kier alpha value is -2.12. The molecule has 1 aliphatic carbocycles. The molecule has 1 heterocycles. The molecule has 1 aliphatic heterocycles. The second-order valence-corrected chi connectivity index (χ2v) is 8.98. The number of aliphatic hydroxyl groups is 1. The standard InChI is InChI=1S/C24H35NO6/c1-5-30-23(28)20(27)14-25-13-19(24(3,15-25)16(2)26)17-10-11-21(29-4)22(12-17)31-18-8-6-7-9-18/h10-12,16,18-19,26H,5-9,13-15H2,1-4H3. The van der Waals surface area contributed by atoms with Crippen LogP contribution in [-0.2, 0) is 14.3 Å². The van der Waals surface area contributed by atoms with Crippen LogP contribution in [0.5, 0.6) is 11.5 Å². The third kappa shape index (κ3) is 5.21. The van der Waals surface area contributed by atoms with E-state index < -0.39 is 23.3 Å². The minimum absolute atomic E-state index is 0.0147. The molecule has 0 aromatic heterocycles. The molecular formula is C24H35NO6. The Morgan fingerprint density at radius 1 is 1.26 bits per heavy atom. The molecular weight excluding hydrogens is 398 g/mol. The number of hydrogen-bond donors (Lipinski definition) is 1. The topological polar surface area (TPSA) is 85.3 Å². The van der Waals surface area contributed by atoms with Gasteiger partial charge in [-0.05, 0) is 57.2 Å². The molecule has 3 rings (SSSR count). The number of rotatable bonds is 9. The summed E-state index contributed by atoms with van der Waals surface area (Å²) in [5, 5.41) is 10.6. The fourth-order valence-corrected chi connectivity index (χ4v) is 4.82. The Labute approximate surface area is 184 Å². The van der Waals surface area contributed by atoms with Crippen molar-refractivity contribution in [3.63, 3.8) is 0 Å². The summed E-state index contributed by atoms with van der Waals surface area (Å²) in [4.78, 5) is 25.9. The van der Waals surface area contributed by atoms with E-state index in [1.54, 1.807) is 21.0 Å². The van der Waals surface area contributed by atoms with E-state index in [2.05, 4.69) is 0 Å². The lowest BCUT2D eigenvalue weighted by Crippen LogP contribution is -2.38. The number of likely N-dealkylation sites (tertiary alicyclic amines) is 1. The summed E-state index contributed by atoms with van der Waals surface area (Å²) in [6, 6.07) is 5.93. The zero-order chi connectivity index (χ0) is 22.6. The predicted octanol–water partition coefficient (Wildman–Crippen LogP) is 2.94. The van der Waals surface area contributed by atoms with Crippen LogP contribution in [0.25, 0.3) is 0 Å². The third-order valence-corrected chi connectivity index (χ3v) is 6.81. The molecule has 1 saturated carbocycles. The highest BCUT2D eigenvalue weighted by molar-refractivity contribution is 6.34. The smallest absolute Gasteiger partial charge is 0.375 e. The van der Waals surface area contributed by atoms with E-state index in [9.17, 15) is 14.7 Å². The number of hydrogen-bond acceptors (Lipinski definition) is 7. The van der Waals surface area contributed by atoms with Crippen LogP contribution in [0.4, 0.5) is 0 Å². The number of carbonyl (C=O) groups is 2. The number of ether oxygens (including phenoxy) is 3. The molecule has 1 N–H and O–H groups in total. The molecule has 0 radical (unpaired) electrons. The molecule has 2 fully saturated rings. The summed E-state index contributed by atoms with van der Waals surface area (Å²) in [5.74, 6) is 0.0267. The Morgan fingerprint density at radius 2 is 1.97 bits per heavy atom. The molecule has 3 unspecified atom stereocenters. The number of methoxy groups -OCH3 is 1. The average Bonchev–Trinajstić information content (AvgIpc) is 3.36. The molecule has 1 aromatic rings. The number of benzene rings is 1. The van der Waals surface area contributed by atoms with Crippen molar-refractivity contribution in [2.75, 3.05) is 33.4 Å². The van der Waals surface area contributed by atoms with Gasteiger partial charge in [0.2, 0.25) is 0 Å². The largest absolute Gasteiger partial charge is 0.493 e. The van der Waals surface area contributed by atoms with Gasteiger partial charge in [-0.1, -0.05) is 13.0 Å². The van der Waals surface area contributed by atoms with Crippen LogP contribution in [0.15, 0.2) is 18.2 Å². The van der Waals surface area contributed by atoms with Gasteiger partial charge in [0.1, 0.15) is 0 Å². The Balaban J connectivity index is 1.83. The molecule has 1 saturated heterocycles. The van der Waals surface area contributed by atoms with Gasteiger partial charge in [0, 0.05) is 24.4 Å². The van der Waals surface area contributed by atoms with Crippen molar-refractivity contribution in [1.29, 1.82) is 0 Å². The van der Waals surface area contributed by atoms with Crippen LogP contribution in [-0.4, -0.2) is 67.3 Å². The summed E-state index contributed by atoms with van der Waals surface area (Å²) in [7, 11) is 1.63. The predicted molar refractivity (Wildman–Crippen MR) is 116 cm³/mol. The van der Waals surface area contributed by atoms with E-state index in [4.69, 9.17) is 14.2 Å². The fourth-order valence-electron chi connectivity index (χ4n) is 4.82. The maximum Gasteiger partial charge on any atom is 0.375 e. The molecule has 7 nitrogen and oxygen atoms in total. The fraction of sp³-hybridized carbons (Fsp3) is 0.667. The summed E-state index contributed by atoms with van der Waals surface area (Å²) in [5.41, 5.74) is 0.553. The molecule has 31 heavy (non-hydrogen) atoms. The van der Waals surface area contributed by atoms with Gasteiger partial charge in [-0.15, -0.1) is 0 Å². The van der Waals surface area contributed by atoms with E-state index in [1.165, 1.54) is 12.8 Å². The second-order valence-electron chi connectivity index (χ2n) is 8.98. The Bertz CT molecular complexity index is 788. The third-order valence-electron chi connectivity index (χ3n) is 6.81. The van der Waals surface area contributed by atoms with Crippen LogP contribution >= 0.6 is 0 Å². The van der Waals surface area contributed by atoms with Gasteiger partial charge in [-0.3, -0.25) is 9.69 Å². The SMILES string of the molecule is CCOC(=O)C(=O)CN1CC(c2ccc(OC)c(OC3CCCC3)c2)C(C)(C(C)O)C1. The molecule has 2 aliphatic rings. The van der Waals surface area contributed by atoms with E-state index in [0.717, 1.165) is 24.2 Å². The number of nitrogens with zero attached hydrogens (tertiary/aromatic N) is 1. The highest BCUT2D eigenvalue weighted by Gasteiger charge is 2.47. The van der Waals surface area contributed by atoms with Crippen LogP contribution in [0, 0.1) is 5.41 Å². The molecule has 7 heteroatoms. The number of esters is 1. The second kappa shape index (κ2) is 10.0. The van der Waals surface area contributed by atoms with Gasteiger partial charge in [-0.25, -0.2) is 4.79 Å². The van der Waals surface area contributed by atoms with Gasteiger partial charge >= 0.3 is 5.97 Å². The quantitative estimate of drug-likeness (QED) is 0.473. The van der Waals surface area contributed by atoms with Crippen molar-refractivity contribution < 1.29 is 28.9 Å². The van der Waals surface area contributed by atoms with Crippen LogP contribution in [0.3, 0.4) is 0 Å². The first-order valence-corrected chi connectivity index (χ1v) is 11.2. The van der Waals surface area contributed by atoms with E-state index in [0.29, 0.717) is 18.8 Å². The van der Waals surface area contributed by atoms with E-state index in [1.807, 2.05) is 30.0 Å². The number of ketones is 1. The van der Waals surface area contributed by atoms with Gasteiger partial charge in [0.05, 0.1) is 32.5 Å². The van der Waals surface area contributed by atoms with E-state index >= 15 is 0 Å². The lowest BCUT2D eigenvalue weighted by atomic mass is 9.72. The maximum atomic E-state index is 12.2. The van der Waals surface area contributed by atoms with Crippen molar-refractivity contribution in [1.82, 2.24) is 4.90 Å². The molecule has 0 spiro atoms. The highest BCUT2D eigenvalue weighted by atomic mass is 16.5. The van der Waals surface area contributed by atoms with Gasteiger partial charge in [0.25, 0.3) is 5.78 Å². The Kier molecular flexibility index (Phi) is 7.59. The van der Waals surface area contributed by atoms with E-state index in [-0.39, 0.29) is 25.2 Å². The first kappa shape index (κ1) is 23.5. The number of aliphatic hydroxyl groups excluding tert-OH is 1. The lowest BCUT2D eigenvalue weighted by Gasteiger charge is -2.34. The minimum atomic E-state index is -0.804. The zero-order valence-electron chi connectivity index (χ0n) is 19.1. The first-order chi connectivity index (χ1) is 14.8. The van der Waals surface area contributed by atoms with Crippen molar-refractivity contribution in [3.8, 4) is 11.5 Å². The Morgan fingerprint density at radius 3 is 2.58 bits per heavy atom. The maximum absolute atomic E-state index is 12.2. The summed E-state index contributed by atoms with van der Waals surface area (Å²) in [6.07, 6.45) is 4.06.